The molecule has 0 bridgehead atoms. The zero-order chi connectivity index (χ0) is 11.7. The zero-order valence-corrected chi connectivity index (χ0v) is 11.2. The Balaban J connectivity index is 1.62. The van der Waals surface area contributed by atoms with Crippen LogP contribution in [0.3, 0.4) is 0 Å². The van der Waals surface area contributed by atoms with Crippen molar-refractivity contribution in [2.45, 2.75) is 49.9 Å². The average Bonchev–Trinajstić information content (AvgIpc) is 3.00. The van der Waals surface area contributed by atoms with E-state index in [4.69, 9.17) is 15.2 Å². The van der Waals surface area contributed by atoms with Crippen LogP contribution in [0.5, 0.6) is 0 Å². The SMILES string of the molecule is NC(C1CCOC2(CCSC2)C1)C1CCCO1. The molecule has 3 rings (SSSR count). The van der Waals surface area contributed by atoms with Crippen LogP contribution in [0.2, 0.25) is 0 Å². The number of nitrogens with two attached hydrogens (primary N) is 1. The van der Waals surface area contributed by atoms with Crippen molar-refractivity contribution >= 4 is 11.8 Å². The van der Waals surface area contributed by atoms with Crippen LogP contribution in [0.15, 0.2) is 0 Å². The molecule has 3 aliphatic heterocycles. The maximum Gasteiger partial charge on any atom is 0.0783 e. The van der Waals surface area contributed by atoms with Crippen LogP contribution in [-0.4, -0.2) is 42.5 Å². The maximum absolute atomic E-state index is 6.42. The van der Waals surface area contributed by atoms with Crippen LogP contribution in [0.25, 0.3) is 0 Å². The van der Waals surface area contributed by atoms with Crippen molar-refractivity contribution in [1.82, 2.24) is 0 Å². The normalized spacial score (nSPS) is 44.3. The molecule has 3 aliphatic rings. The first kappa shape index (κ1) is 12.3. The molecule has 3 fully saturated rings. The molecule has 0 aromatic heterocycles. The predicted molar refractivity (Wildman–Crippen MR) is 70.3 cm³/mol. The molecule has 1 spiro atoms. The van der Waals surface area contributed by atoms with E-state index in [0.29, 0.717) is 12.0 Å². The van der Waals surface area contributed by atoms with Gasteiger partial charge in [0.25, 0.3) is 0 Å². The first-order valence-electron chi connectivity index (χ1n) is 6.88. The molecule has 0 aromatic carbocycles. The van der Waals surface area contributed by atoms with Gasteiger partial charge in [-0.05, 0) is 43.8 Å². The van der Waals surface area contributed by atoms with Crippen molar-refractivity contribution in [3.63, 3.8) is 0 Å². The Morgan fingerprint density at radius 1 is 1.29 bits per heavy atom. The molecule has 0 amide bonds. The Hall–Kier alpha value is 0.230. The average molecular weight is 257 g/mol. The van der Waals surface area contributed by atoms with Gasteiger partial charge in [0.05, 0.1) is 11.7 Å². The van der Waals surface area contributed by atoms with Crippen molar-refractivity contribution in [3.05, 3.63) is 0 Å². The Morgan fingerprint density at radius 3 is 2.94 bits per heavy atom. The summed E-state index contributed by atoms with van der Waals surface area (Å²) in [5, 5.41) is 0. The summed E-state index contributed by atoms with van der Waals surface area (Å²) in [6.07, 6.45) is 6.13. The third-order valence-electron chi connectivity index (χ3n) is 4.54. The monoisotopic (exact) mass is 257 g/mol. The molecule has 4 atom stereocenters. The van der Waals surface area contributed by atoms with E-state index in [1.807, 2.05) is 11.8 Å². The van der Waals surface area contributed by atoms with Gasteiger partial charge in [0, 0.05) is 25.0 Å². The standard InChI is InChI=1S/C13H23NO2S/c14-12(11-2-1-5-15-11)10-3-6-16-13(8-10)4-7-17-9-13/h10-12H,1-9,14H2. The number of thioether (sulfide) groups is 1. The summed E-state index contributed by atoms with van der Waals surface area (Å²) in [6, 6.07) is 0.226. The molecule has 3 saturated heterocycles. The van der Waals surface area contributed by atoms with E-state index in [0.717, 1.165) is 32.5 Å². The van der Waals surface area contributed by atoms with E-state index in [2.05, 4.69) is 0 Å². The summed E-state index contributed by atoms with van der Waals surface area (Å²) in [5.74, 6) is 3.02. The highest BCUT2D eigenvalue weighted by molar-refractivity contribution is 7.99. The lowest BCUT2D eigenvalue weighted by Crippen LogP contribution is -2.49. The van der Waals surface area contributed by atoms with Crippen LogP contribution < -0.4 is 5.73 Å². The van der Waals surface area contributed by atoms with Crippen LogP contribution in [0, 0.1) is 5.92 Å². The van der Waals surface area contributed by atoms with Crippen molar-refractivity contribution in [2.75, 3.05) is 24.7 Å². The van der Waals surface area contributed by atoms with Gasteiger partial charge < -0.3 is 15.2 Å². The van der Waals surface area contributed by atoms with Gasteiger partial charge in [0.1, 0.15) is 0 Å². The largest absolute Gasteiger partial charge is 0.377 e. The first-order chi connectivity index (χ1) is 8.29. The number of hydrogen-bond donors (Lipinski definition) is 1. The lowest BCUT2D eigenvalue weighted by molar-refractivity contribution is -0.0906. The smallest absolute Gasteiger partial charge is 0.0783 e. The molecule has 0 radical (unpaired) electrons. The van der Waals surface area contributed by atoms with Crippen molar-refractivity contribution < 1.29 is 9.47 Å². The van der Waals surface area contributed by atoms with Crippen LogP contribution >= 0.6 is 11.8 Å². The minimum atomic E-state index is 0.157. The quantitative estimate of drug-likeness (QED) is 0.819. The van der Waals surface area contributed by atoms with Crippen molar-refractivity contribution in [3.8, 4) is 0 Å². The molecule has 4 heteroatoms. The molecule has 0 saturated carbocycles. The Kier molecular flexibility index (Phi) is 3.67. The zero-order valence-electron chi connectivity index (χ0n) is 10.4. The Bertz CT molecular complexity index is 262. The molecule has 3 nitrogen and oxygen atoms in total. The summed E-state index contributed by atoms with van der Waals surface area (Å²) >= 11 is 2.03. The van der Waals surface area contributed by atoms with Gasteiger partial charge in [-0.1, -0.05) is 0 Å². The van der Waals surface area contributed by atoms with Crippen molar-refractivity contribution in [1.29, 1.82) is 0 Å². The fraction of sp³-hybridized carbons (Fsp3) is 1.00. The van der Waals surface area contributed by atoms with Crippen LogP contribution in [-0.2, 0) is 9.47 Å². The van der Waals surface area contributed by atoms with E-state index < -0.39 is 0 Å². The summed E-state index contributed by atoms with van der Waals surface area (Å²) < 4.78 is 11.8. The Labute approximate surface area is 108 Å². The highest BCUT2D eigenvalue weighted by atomic mass is 32.2. The number of ether oxygens (including phenoxy) is 2. The minimum absolute atomic E-state index is 0.157. The second kappa shape index (κ2) is 5.08. The van der Waals surface area contributed by atoms with Gasteiger partial charge >= 0.3 is 0 Å². The van der Waals surface area contributed by atoms with Gasteiger partial charge in [0.2, 0.25) is 0 Å². The second-order valence-corrected chi connectivity index (χ2v) is 6.82. The molecule has 98 valence electrons. The van der Waals surface area contributed by atoms with Gasteiger partial charge in [-0.15, -0.1) is 0 Å². The van der Waals surface area contributed by atoms with E-state index in [9.17, 15) is 0 Å². The van der Waals surface area contributed by atoms with E-state index in [1.165, 1.54) is 24.3 Å². The summed E-state index contributed by atoms with van der Waals surface area (Å²) in [7, 11) is 0. The molecule has 17 heavy (non-hydrogen) atoms. The first-order valence-corrected chi connectivity index (χ1v) is 8.03. The van der Waals surface area contributed by atoms with Gasteiger partial charge in [-0.2, -0.15) is 11.8 Å². The van der Waals surface area contributed by atoms with Gasteiger partial charge in [-0.3, -0.25) is 0 Å². The van der Waals surface area contributed by atoms with E-state index >= 15 is 0 Å². The molecule has 4 unspecified atom stereocenters. The highest BCUT2D eigenvalue weighted by Gasteiger charge is 2.43. The number of hydrogen-bond acceptors (Lipinski definition) is 4. The van der Waals surface area contributed by atoms with Gasteiger partial charge in [-0.25, -0.2) is 0 Å². The van der Waals surface area contributed by atoms with E-state index in [1.54, 1.807) is 0 Å². The number of rotatable bonds is 2. The molecule has 3 heterocycles. The van der Waals surface area contributed by atoms with Crippen LogP contribution in [0.4, 0.5) is 0 Å². The molecular weight excluding hydrogens is 234 g/mol. The summed E-state index contributed by atoms with van der Waals surface area (Å²) in [4.78, 5) is 0. The fourth-order valence-electron chi connectivity index (χ4n) is 3.47. The Morgan fingerprint density at radius 2 is 2.24 bits per heavy atom. The molecule has 0 aromatic rings. The lowest BCUT2D eigenvalue weighted by Gasteiger charge is -2.41. The minimum Gasteiger partial charge on any atom is -0.377 e. The lowest BCUT2D eigenvalue weighted by atomic mass is 9.79. The van der Waals surface area contributed by atoms with E-state index in [-0.39, 0.29) is 11.6 Å². The topological polar surface area (TPSA) is 44.5 Å². The third-order valence-corrected chi connectivity index (χ3v) is 5.76. The third kappa shape index (κ3) is 2.50. The van der Waals surface area contributed by atoms with Crippen LogP contribution in [0.1, 0.15) is 32.1 Å². The predicted octanol–water partition coefficient (Wildman–Crippen LogP) is 1.79. The second-order valence-electron chi connectivity index (χ2n) is 5.72. The fourth-order valence-corrected chi connectivity index (χ4v) is 4.85. The molecule has 2 N–H and O–H groups in total. The molecule has 0 aliphatic carbocycles. The maximum atomic E-state index is 6.42. The van der Waals surface area contributed by atoms with Crippen molar-refractivity contribution in [2.24, 2.45) is 11.7 Å². The highest BCUT2D eigenvalue weighted by Crippen LogP contribution is 2.41. The summed E-state index contributed by atoms with van der Waals surface area (Å²) in [5.41, 5.74) is 6.57. The van der Waals surface area contributed by atoms with Gasteiger partial charge in [0.15, 0.2) is 0 Å². The molecular formula is C13H23NO2S. The summed E-state index contributed by atoms with van der Waals surface area (Å²) in [6.45, 7) is 1.80.